The summed E-state index contributed by atoms with van der Waals surface area (Å²) in [7, 11) is 0. The Labute approximate surface area is 165 Å². The lowest BCUT2D eigenvalue weighted by molar-refractivity contribution is 0.0952. The molecule has 0 radical (unpaired) electrons. The topological polar surface area (TPSA) is 63.1 Å². The summed E-state index contributed by atoms with van der Waals surface area (Å²) in [6.45, 7) is 8.68. The molecule has 0 unspecified atom stereocenters. The molecule has 1 aromatic carbocycles. The smallest absolute Gasteiger partial charge is 0.252 e. The number of pyridine rings is 1. The van der Waals surface area contributed by atoms with Crippen LogP contribution in [0.4, 0.5) is 0 Å². The van der Waals surface area contributed by atoms with Crippen LogP contribution in [-0.4, -0.2) is 38.7 Å². The molecule has 0 fully saturated rings. The van der Waals surface area contributed by atoms with Crippen molar-refractivity contribution < 1.29 is 4.79 Å². The standard InChI is InChI=1S/C22H27N5O/c1-3-9-26-10-6-11-27-18(15-26)13-17(25-27)14-23-22(28)20-12-16(2)24-21-8-5-4-7-19(20)21/h4-5,7-8,12-13H,3,6,9-11,14-15H2,1-2H3,(H,23,28). The maximum absolute atomic E-state index is 12.8. The van der Waals surface area contributed by atoms with Crippen molar-refractivity contribution in [1.82, 2.24) is 25.0 Å². The fourth-order valence-corrected chi connectivity index (χ4v) is 3.94. The second kappa shape index (κ2) is 8.10. The molecular formula is C22H27N5O. The number of carbonyl (C=O) groups is 1. The number of para-hydroxylation sites is 1. The van der Waals surface area contributed by atoms with Crippen molar-refractivity contribution in [3.8, 4) is 0 Å². The van der Waals surface area contributed by atoms with Gasteiger partial charge in [0.25, 0.3) is 5.91 Å². The van der Waals surface area contributed by atoms with Crippen LogP contribution in [0, 0.1) is 6.92 Å². The van der Waals surface area contributed by atoms with Gasteiger partial charge in [-0.1, -0.05) is 25.1 Å². The Kier molecular flexibility index (Phi) is 5.39. The van der Waals surface area contributed by atoms with Crippen LogP contribution in [0.5, 0.6) is 0 Å². The summed E-state index contributed by atoms with van der Waals surface area (Å²) in [5.74, 6) is -0.0856. The second-order valence-electron chi connectivity index (χ2n) is 7.49. The molecule has 28 heavy (non-hydrogen) atoms. The molecule has 0 saturated heterocycles. The quantitative estimate of drug-likeness (QED) is 0.741. The van der Waals surface area contributed by atoms with E-state index in [9.17, 15) is 4.79 Å². The number of fused-ring (bicyclic) bond motifs is 2. The SMILES string of the molecule is CCCN1CCCn2nc(CNC(=O)c3cc(C)nc4ccccc34)cc2C1. The first-order valence-electron chi connectivity index (χ1n) is 10.1. The number of rotatable bonds is 5. The van der Waals surface area contributed by atoms with Gasteiger partial charge in [-0.25, -0.2) is 0 Å². The van der Waals surface area contributed by atoms with Gasteiger partial charge in [0.15, 0.2) is 0 Å². The molecule has 0 bridgehead atoms. The lowest BCUT2D eigenvalue weighted by Crippen LogP contribution is -2.24. The highest BCUT2D eigenvalue weighted by atomic mass is 16.1. The monoisotopic (exact) mass is 377 g/mol. The van der Waals surface area contributed by atoms with Gasteiger partial charge in [-0.05, 0) is 44.5 Å². The Morgan fingerprint density at radius 3 is 2.93 bits per heavy atom. The summed E-state index contributed by atoms with van der Waals surface area (Å²) in [5.41, 5.74) is 4.50. The predicted octanol–water partition coefficient (Wildman–Crippen LogP) is 3.29. The van der Waals surface area contributed by atoms with Crippen LogP contribution < -0.4 is 5.32 Å². The zero-order valence-corrected chi connectivity index (χ0v) is 16.6. The van der Waals surface area contributed by atoms with Crippen molar-refractivity contribution in [3.63, 3.8) is 0 Å². The zero-order valence-electron chi connectivity index (χ0n) is 16.6. The summed E-state index contributed by atoms with van der Waals surface area (Å²) in [4.78, 5) is 19.8. The molecule has 4 rings (SSSR count). The molecule has 1 amide bonds. The molecule has 0 saturated carbocycles. The molecule has 6 nitrogen and oxygen atoms in total. The number of amides is 1. The van der Waals surface area contributed by atoms with Crippen LogP contribution >= 0.6 is 0 Å². The van der Waals surface area contributed by atoms with Crippen LogP contribution in [0.15, 0.2) is 36.4 Å². The van der Waals surface area contributed by atoms with Crippen LogP contribution in [0.2, 0.25) is 0 Å². The van der Waals surface area contributed by atoms with Crippen LogP contribution in [-0.2, 0) is 19.6 Å². The zero-order chi connectivity index (χ0) is 19.5. The van der Waals surface area contributed by atoms with Crippen molar-refractivity contribution in [2.45, 2.75) is 46.3 Å². The van der Waals surface area contributed by atoms with Gasteiger partial charge in [0.05, 0.1) is 29.0 Å². The first-order valence-corrected chi connectivity index (χ1v) is 10.1. The maximum atomic E-state index is 12.8. The van der Waals surface area contributed by atoms with Crippen molar-refractivity contribution >= 4 is 16.8 Å². The van der Waals surface area contributed by atoms with Crippen LogP contribution in [0.3, 0.4) is 0 Å². The molecule has 1 aliphatic heterocycles. The molecular weight excluding hydrogens is 350 g/mol. The van der Waals surface area contributed by atoms with Gasteiger partial charge < -0.3 is 5.32 Å². The third kappa shape index (κ3) is 3.92. The number of carbonyl (C=O) groups excluding carboxylic acids is 1. The van der Waals surface area contributed by atoms with E-state index in [0.717, 1.165) is 61.3 Å². The van der Waals surface area contributed by atoms with Gasteiger partial charge in [0.2, 0.25) is 0 Å². The normalized spacial score (nSPS) is 14.6. The molecule has 1 N–H and O–H groups in total. The number of nitrogens with zero attached hydrogens (tertiary/aromatic N) is 4. The van der Waals surface area contributed by atoms with E-state index in [2.05, 4.69) is 32.9 Å². The van der Waals surface area contributed by atoms with Gasteiger partial charge in [-0.15, -0.1) is 0 Å². The molecule has 3 aromatic rings. The van der Waals surface area contributed by atoms with E-state index < -0.39 is 0 Å². The summed E-state index contributed by atoms with van der Waals surface area (Å²) >= 11 is 0. The molecule has 6 heteroatoms. The van der Waals surface area contributed by atoms with E-state index in [-0.39, 0.29) is 5.91 Å². The van der Waals surface area contributed by atoms with E-state index in [1.54, 1.807) is 0 Å². The highest BCUT2D eigenvalue weighted by Crippen LogP contribution is 2.19. The molecule has 3 heterocycles. The van der Waals surface area contributed by atoms with Crippen molar-refractivity contribution in [3.05, 3.63) is 59.0 Å². The number of nitrogens with one attached hydrogen (secondary N) is 1. The van der Waals surface area contributed by atoms with Crippen molar-refractivity contribution in [1.29, 1.82) is 0 Å². The van der Waals surface area contributed by atoms with Gasteiger partial charge >= 0.3 is 0 Å². The lowest BCUT2D eigenvalue weighted by atomic mass is 10.1. The lowest BCUT2D eigenvalue weighted by Gasteiger charge is -2.17. The van der Waals surface area contributed by atoms with Crippen molar-refractivity contribution in [2.75, 3.05) is 13.1 Å². The minimum Gasteiger partial charge on any atom is -0.346 e. The van der Waals surface area contributed by atoms with Gasteiger partial charge in [0.1, 0.15) is 0 Å². The van der Waals surface area contributed by atoms with Crippen molar-refractivity contribution in [2.24, 2.45) is 0 Å². The molecule has 1 aliphatic rings. The second-order valence-corrected chi connectivity index (χ2v) is 7.49. The summed E-state index contributed by atoms with van der Waals surface area (Å²) in [6, 6.07) is 11.7. The molecule has 2 aromatic heterocycles. The number of benzene rings is 1. The number of aromatic nitrogens is 3. The Hall–Kier alpha value is -2.73. The largest absolute Gasteiger partial charge is 0.346 e. The minimum absolute atomic E-state index is 0.0856. The van der Waals surface area contributed by atoms with Crippen LogP contribution in [0.1, 0.15) is 47.2 Å². The number of aryl methyl sites for hydroxylation is 2. The Morgan fingerprint density at radius 2 is 2.07 bits per heavy atom. The molecule has 0 aliphatic carbocycles. The van der Waals surface area contributed by atoms with E-state index in [1.165, 1.54) is 5.69 Å². The summed E-state index contributed by atoms with van der Waals surface area (Å²) in [5, 5.41) is 8.63. The first kappa shape index (κ1) is 18.6. The van der Waals surface area contributed by atoms with Gasteiger partial charge in [-0.3, -0.25) is 19.4 Å². The van der Waals surface area contributed by atoms with Crippen LogP contribution in [0.25, 0.3) is 10.9 Å². The van der Waals surface area contributed by atoms with Gasteiger partial charge in [0, 0.05) is 30.7 Å². The first-order chi connectivity index (χ1) is 13.6. The van der Waals surface area contributed by atoms with E-state index in [0.29, 0.717) is 12.1 Å². The third-order valence-corrected chi connectivity index (χ3v) is 5.20. The molecule has 0 atom stereocenters. The molecule has 146 valence electrons. The fraction of sp³-hybridized carbons (Fsp3) is 0.409. The van der Waals surface area contributed by atoms with E-state index in [1.807, 2.05) is 37.3 Å². The Balaban J connectivity index is 1.49. The van der Waals surface area contributed by atoms with E-state index >= 15 is 0 Å². The Bertz CT molecular complexity index is 994. The average molecular weight is 377 g/mol. The fourth-order valence-electron chi connectivity index (χ4n) is 3.94. The summed E-state index contributed by atoms with van der Waals surface area (Å²) in [6.07, 6.45) is 2.28. The Morgan fingerprint density at radius 1 is 1.21 bits per heavy atom. The van der Waals surface area contributed by atoms with E-state index in [4.69, 9.17) is 5.10 Å². The third-order valence-electron chi connectivity index (χ3n) is 5.20. The van der Waals surface area contributed by atoms with Gasteiger partial charge in [-0.2, -0.15) is 5.10 Å². The maximum Gasteiger partial charge on any atom is 0.252 e. The highest BCUT2D eigenvalue weighted by Gasteiger charge is 2.17. The number of hydrogen-bond donors (Lipinski definition) is 1. The molecule has 0 spiro atoms. The number of hydrogen-bond acceptors (Lipinski definition) is 4. The summed E-state index contributed by atoms with van der Waals surface area (Å²) < 4.78 is 2.10. The minimum atomic E-state index is -0.0856. The average Bonchev–Trinajstić information content (AvgIpc) is 2.97. The highest BCUT2D eigenvalue weighted by molar-refractivity contribution is 6.06. The predicted molar refractivity (Wildman–Crippen MR) is 110 cm³/mol.